The third kappa shape index (κ3) is 3.69. The highest BCUT2D eigenvalue weighted by Gasteiger charge is 2.36. The molecule has 3 rings (SSSR count). The van der Waals surface area contributed by atoms with Gasteiger partial charge in [-0.1, -0.05) is 30.3 Å². The van der Waals surface area contributed by atoms with Gasteiger partial charge in [0.25, 0.3) is 0 Å². The maximum Gasteiger partial charge on any atom is 0.229 e. The molecule has 1 saturated heterocycles. The number of anilines is 1. The Hall–Kier alpha value is -3.13. The Morgan fingerprint density at radius 3 is 2.52 bits per heavy atom. The van der Waals surface area contributed by atoms with Crippen LogP contribution in [-0.4, -0.2) is 23.3 Å². The molecule has 2 aromatic rings. The first-order valence-electron chi connectivity index (χ1n) is 8.24. The van der Waals surface area contributed by atoms with Gasteiger partial charge in [0.15, 0.2) is 0 Å². The topological polar surface area (TPSA) is 73.2 Å². The summed E-state index contributed by atoms with van der Waals surface area (Å²) >= 11 is 0. The second-order valence-corrected chi connectivity index (χ2v) is 6.21. The van der Waals surface area contributed by atoms with Gasteiger partial charge in [0, 0.05) is 18.7 Å². The number of amides is 2. The molecule has 0 saturated carbocycles. The van der Waals surface area contributed by atoms with Crippen LogP contribution in [0.2, 0.25) is 0 Å². The highest BCUT2D eigenvalue weighted by molar-refractivity contribution is 5.97. The predicted octanol–water partition coefficient (Wildman–Crippen LogP) is 3.11. The smallest absolute Gasteiger partial charge is 0.229 e. The molecule has 1 heterocycles. The van der Waals surface area contributed by atoms with Crippen LogP contribution >= 0.6 is 0 Å². The highest BCUT2D eigenvalue weighted by atomic mass is 16.2. The first kappa shape index (κ1) is 16.7. The summed E-state index contributed by atoms with van der Waals surface area (Å²) in [6, 6.07) is 18.5. The molecule has 25 heavy (non-hydrogen) atoms. The standard InChI is InChI=1S/C20H19N3O2/c1-14(16-5-3-2-4-6-16)23-13-17(11-19(23)24)20(25)22-18-9-7-15(12-21)8-10-18/h2-10,14,17H,11,13H2,1H3,(H,22,25). The first-order chi connectivity index (χ1) is 12.1. The number of nitrogens with zero attached hydrogens (tertiary/aromatic N) is 2. The summed E-state index contributed by atoms with van der Waals surface area (Å²) in [5, 5.41) is 11.6. The first-order valence-corrected chi connectivity index (χ1v) is 8.24. The maximum absolute atomic E-state index is 12.5. The molecule has 0 radical (unpaired) electrons. The quantitative estimate of drug-likeness (QED) is 0.934. The third-order valence-electron chi connectivity index (χ3n) is 4.56. The number of hydrogen-bond acceptors (Lipinski definition) is 3. The van der Waals surface area contributed by atoms with Crippen LogP contribution in [0.5, 0.6) is 0 Å². The van der Waals surface area contributed by atoms with Crippen LogP contribution in [0.1, 0.15) is 30.5 Å². The maximum atomic E-state index is 12.5. The molecule has 0 aliphatic carbocycles. The summed E-state index contributed by atoms with van der Waals surface area (Å²) in [6.45, 7) is 2.39. The lowest BCUT2D eigenvalue weighted by Crippen LogP contribution is -2.30. The van der Waals surface area contributed by atoms with E-state index in [9.17, 15) is 9.59 Å². The van der Waals surface area contributed by atoms with Crippen LogP contribution < -0.4 is 5.32 Å². The fourth-order valence-corrected chi connectivity index (χ4v) is 3.07. The van der Waals surface area contributed by atoms with Gasteiger partial charge in [0.2, 0.25) is 11.8 Å². The average Bonchev–Trinajstić information content (AvgIpc) is 3.04. The lowest BCUT2D eigenvalue weighted by atomic mass is 10.1. The molecule has 1 aliphatic rings. The van der Waals surface area contributed by atoms with E-state index in [4.69, 9.17) is 5.26 Å². The molecule has 1 aliphatic heterocycles. The third-order valence-corrected chi connectivity index (χ3v) is 4.56. The van der Waals surface area contributed by atoms with Crippen molar-refractivity contribution in [3.05, 3.63) is 65.7 Å². The number of carbonyl (C=O) groups excluding carboxylic acids is 2. The molecule has 2 unspecified atom stereocenters. The predicted molar refractivity (Wildman–Crippen MR) is 94.5 cm³/mol. The minimum atomic E-state index is -0.366. The van der Waals surface area contributed by atoms with E-state index in [2.05, 4.69) is 5.32 Å². The molecule has 0 spiro atoms. The Balaban J connectivity index is 1.65. The lowest BCUT2D eigenvalue weighted by Gasteiger charge is -2.25. The number of nitriles is 1. The van der Waals surface area contributed by atoms with E-state index in [1.807, 2.05) is 43.3 Å². The number of hydrogen-bond donors (Lipinski definition) is 1. The van der Waals surface area contributed by atoms with Gasteiger partial charge in [-0.15, -0.1) is 0 Å². The van der Waals surface area contributed by atoms with Crippen molar-refractivity contribution in [1.82, 2.24) is 4.90 Å². The van der Waals surface area contributed by atoms with Crippen molar-refractivity contribution in [3.8, 4) is 6.07 Å². The highest BCUT2D eigenvalue weighted by Crippen LogP contribution is 2.29. The molecule has 2 amide bonds. The number of likely N-dealkylation sites (tertiary alicyclic amines) is 1. The fourth-order valence-electron chi connectivity index (χ4n) is 3.07. The van der Waals surface area contributed by atoms with Crippen molar-refractivity contribution in [2.75, 3.05) is 11.9 Å². The van der Waals surface area contributed by atoms with Gasteiger partial charge in [0.1, 0.15) is 0 Å². The molecule has 1 fully saturated rings. The number of nitrogens with one attached hydrogen (secondary N) is 1. The molecular weight excluding hydrogens is 314 g/mol. The van der Waals surface area contributed by atoms with Gasteiger partial charge in [-0.3, -0.25) is 9.59 Å². The number of rotatable bonds is 4. The van der Waals surface area contributed by atoms with Crippen molar-refractivity contribution in [1.29, 1.82) is 5.26 Å². The molecule has 1 N–H and O–H groups in total. The summed E-state index contributed by atoms with van der Waals surface area (Å²) in [4.78, 5) is 26.6. The van der Waals surface area contributed by atoms with E-state index in [0.29, 0.717) is 17.8 Å². The molecule has 2 aromatic carbocycles. The van der Waals surface area contributed by atoms with Crippen molar-refractivity contribution in [3.63, 3.8) is 0 Å². The van der Waals surface area contributed by atoms with Crippen molar-refractivity contribution in [2.45, 2.75) is 19.4 Å². The number of benzene rings is 2. The Labute approximate surface area is 146 Å². The Kier molecular flexibility index (Phi) is 4.80. The molecule has 0 aromatic heterocycles. The summed E-state index contributed by atoms with van der Waals surface area (Å²) in [7, 11) is 0. The molecule has 0 bridgehead atoms. The molecule has 2 atom stereocenters. The number of carbonyl (C=O) groups is 2. The van der Waals surface area contributed by atoms with Crippen LogP contribution in [0.15, 0.2) is 54.6 Å². The molecule has 126 valence electrons. The van der Waals surface area contributed by atoms with Gasteiger partial charge in [-0.2, -0.15) is 5.26 Å². The summed E-state index contributed by atoms with van der Waals surface area (Å²) in [5.74, 6) is -0.536. The van der Waals surface area contributed by atoms with Gasteiger partial charge in [-0.25, -0.2) is 0 Å². The van der Waals surface area contributed by atoms with Gasteiger partial charge < -0.3 is 10.2 Å². The second-order valence-electron chi connectivity index (χ2n) is 6.21. The van der Waals surface area contributed by atoms with Crippen LogP contribution in [0, 0.1) is 17.2 Å². The summed E-state index contributed by atoms with van der Waals surface area (Å²) < 4.78 is 0. The van der Waals surface area contributed by atoms with Gasteiger partial charge in [-0.05, 0) is 36.8 Å². The Morgan fingerprint density at radius 1 is 1.20 bits per heavy atom. The van der Waals surface area contributed by atoms with E-state index in [-0.39, 0.29) is 30.2 Å². The minimum absolute atomic E-state index is 0.00340. The van der Waals surface area contributed by atoms with Crippen LogP contribution in [0.4, 0.5) is 5.69 Å². The zero-order chi connectivity index (χ0) is 17.8. The zero-order valence-corrected chi connectivity index (χ0v) is 14.0. The van der Waals surface area contributed by atoms with E-state index < -0.39 is 0 Å². The Bertz CT molecular complexity index is 809. The fraction of sp³-hybridized carbons (Fsp3) is 0.250. The monoisotopic (exact) mass is 333 g/mol. The van der Waals surface area contributed by atoms with Crippen molar-refractivity contribution in [2.24, 2.45) is 5.92 Å². The second kappa shape index (κ2) is 7.18. The van der Waals surface area contributed by atoms with Crippen molar-refractivity contribution >= 4 is 17.5 Å². The Morgan fingerprint density at radius 2 is 1.88 bits per heavy atom. The summed E-state index contributed by atoms with van der Waals surface area (Å²) in [5.41, 5.74) is 2.23. The minimum Gasteiger partial charge on any atom is -0.335 e. The molecule has 5 heteroatoms. The van der Waals surface area contributed by atoms with Gasteiger partial charge >= 0.3 is 0 Å². The lowest BCUT2D eigenvalue weighted by molar-refractivity contribution is -0.129. The van der Waals surface area contributed by atoms with Crippen LogP contribution in [0.25, 0.3) is 0 Å². The van der Waals surface area contributed by atoms with Gasteiger partial charge in [0.05, 0.1) is 23.6 Å². The largest absolute Gasteiger partial charge is 0.335 e. The zero-order valence-electron chi connectivity index (χ0n) is 14.0. The SMILES string of the molecule is CC(c1ccccc1)N1CC(C(=O)Nc2ccc(C#N)cc2)CC1=O. The van der Waals surface area contributed by atoms with E-state index in [0.717, 1.165) is 5.56 Å². The summed E-state index contributed by atoms with van der Waals surface area (Å²) in [6.07, 6.45) is 0.222. The van der Waals surface area contributed by atoms with Crippen LogP contribution in [0.3, 0.4) is 0 Å². The van der Waals surface area contributed by atoms with E-state index in [1.54, 1.807) is 29.2 Å². The van der Waals surface area contributed by atoms with E-state index in [1.165, 1.54) is 0 Å². The average molecular weight is 333 g/mol. The van der Waals surface area contributed by atoms with E-state index >= 15 is 0 Å². The van der Waals surface area contributed by atoms with Crippen molar-refractivity contribution < 1.29 is 9.59 Å². The molecular formula is C20H19N3O2. The normalized spacial score (nSPS) is 17.8. The van der Waals surface area contributed by atoms with Crippen LogP contribution in [-0.2, 0) is 9.59 Å². The molecule has 5 nitrogen and oxygen atoms in total.